The summed E-state index contributed by atoms with van der Waals surface area (Å²) in [5, 5.41) is 0.0769. The monoisotopic (exact) mass is 520 g/mol. The molecular formula is C23H19ClF2N4O6. The number of H-pyrrole nitrogens is 1. The summed E-state index contributed by atoms with van der Waals surface area (Å²) in [5.74, 6) is -2.92. The third-order valence-corrected chi connectivity index (χ3v) is 5.40. The highest BCUT2D eigenvalue weighted by Gasteiger charge is 2.21. The molecule has 0 radical (unpaired) electrons. The number of hydrogen-bond donors (Lipinski definition) is 1. The number of imidazole rings is 1. The van der Waals surface area contributed by atoms with Gasteiger partial charge in [-0.15, -0.1) is 0 Å². The van der Waals surface area contributed by atoms with E-state index >= 15 is 0 Å². The number of ether oxygens (including phenoxy) is 4. The lowest BCUT2D eigenvalue weighted by Crippen LogP contribution is -2.16. The van der Waals surface area contributed by atoms with E-state index in [4.69, 9.17) is 30.5 Å². The van der Waals surface area contributed by atoms with Crippen molar-refractivity contribution >= 4 is 28.7 Å². The first-order chi connectivity index (χ1) is 17.3. The molecule has 0 aliphatic rings. The van der Waals surface area contributed by atoms with E-state index in [0.29, 0.717) is 0 Å². The van der Waals surface area contributed by atoms with Crippen molar-refractivity contribution in [3.63, 3.8) is 0 Å². The highest BCUT2D eigenvalue weighted by molar-refractivity contribution is 6.32. The Bertz CT molecular complexity index is 1520. The van der Waals surface area contributed by atoms with Crippen LogP contribution in [-0.2, 0) is 11.3 Å². The maximum atomic E-state index is 14.4. The lowest BCUT2D eigenvalue weighted by molar-refractivity contribution is 0.0512. The summed E-state index contributed by atoms with van der Waals surface area (Å²) >= 11 is 6.43. The summed E-state index contributed by atoms with van der Waals surface area (Å²) in [6.07, 6.45) is 1.26. The van der Waals surface area contributed by atoms with Crippen molar-refractivity contribution in [3.8, 4) is 22.9 Å². The number of esters is 1. The Morgan fingerprint density at radius 1 is 1.14 bits per heavy atom. The van der Waals surface area contributed by atoms with Gasteiger partial charge >= 0.3 is 11.7 Å². The Hall–Kier alpha value is -4.19. The Balaban J connectivity index is 1.80. The number of benzene rings is 2. The molecule has 10 nitrogen and oxygen atoms in total. The first-order valence-corrected chi connectivity index (χ1v) is 10.8. The molecule has 0 fully saturated rings. The minimum Gasteiger partial charge on any atom is -0.496 e. The molecule has 36 heavy (non-hydrogen) atoms. The zero-order chi connectivity index (χ0) is 26.0. The van der Waals surface area contributed by atoms with Crippen molar-refractivity contribution in [2.24, 2.45) is 0 Å². The van der Waals surface area contributed by atoms with Crippen molar-refractivity contribution in [2.45, 2.75) is 13.5 Å². The molecule has 0 saturated heterocycles. The average molecular weight is 521 g/mol. The Kier molecular flexibility index (Phi) is 7.06. The summed E-state index contributed by atoms with van der Waals surface area (Å²) in [6.45, 7) is 1.32. The fourth-order valence-electron chi connectivity index (χ4n) is 3.43. The number of aromatic amines is 1. The lowest BCUT2D eigenvalue weighted by Gasteiger charge is -2.16. The van der Waals surface area contributed by atoms with Gasteiger partial charge < -0.3 is 23.9 Å². The van der Waals surface area contributed by atoms with Gasteiger partial charge in [-0.2, -0.15) is 0 Å². The maximum absolute atomic E-state index is 14.4. The highest BCUT2D eigenvalue weighted by atomic mass is 35.5. The van der Waals surface area contributed by atoms with Gasteiger partial charge in [0.25, 0.3) is 0 Å². The lowest BCUT2D eigenvalue weighted by atomic mass is 10.2. The summed E-state index contributed by atoms with van der Waals surface area (Å²) in [4.78, 5) is 35.5. The van der Waals surface area contributed by atoms with Gasteiger partial charge in [0, 0.05) is 12.1 Å². The van der Waals surface area contributed by atoms with Crippen LogP contribution in [0, 0.1) is 11.6 Å². The molecule has 0 saturated carbocycles. The van der Waals surface area contributed by atoms with E-state index in [0.717, 1.165) is 10.6 Å². The standard InChI is InChI=1S/C23H19ClF2N4O6/c1-4-35-22(31)20-27-9-14-21(29-20)30(23(32)28-14)15-8-18(17(34-3)7-12(15)24)36-10-11-16(33-2)6-5-13(25)19(11)26/h5-9H,4,10H2,1-3H3,(H,28,32). The van der Waals surface area contributed by atoms with Crippen LogP contribution < -0.4 is 19.9 Å². The van der Waals surface area contributed by atoms with Gasteiger partial charge in [-0.3, -0.25) is 0 Å². The van der Waals surface area contributed by atoms with Crippen molar-refractivity contribution in [1.82, 2.24) is 19.5 Å². The number of carbonyl (C=O) groups is 1. The van der Waals surface area contributed by atoms with Gasteiger partial charge in [-0.05, 0) is 19.1 Å². The number of nitrogens with zero attached hydrogens (tertiary/aromatic N) is 3. The van der Waals surface area contributed by atoms with Crippen LogP contribution in [0.3, 0.4) is 0 Å². The van der Waals surface area contributed by atoms with Crippen LogP contribution in [-0.4, -0.2) is 46.3 Å². The molecule has 4 aromatic rings. The molecule has 0 atom stereocenters. The van der Waals surface area contributed by atoms with Gasteiger partial charge in [0.2, 0.25) is 5.82 Å². The first kappa shape index (κ1) is 24.9. The second kappa shape index (κ2) is 10.2. The van der Waals surface area contributed by atoms with Crippen molar-refractivity contribution in [1.29, 1.82) is 0 Å². The van der Waals surface area contributed by atoms with Crippen LogP contribution in [0.4, 0.5) is 8.78 Å². The van der Waals surface area contributed by atoms with Crippen LogP contribution in [0.1, 0.15) is 23.1 Å². The molecule has 2 aromatic carbocycles. The number of halogens is 3. The van der Waals surface area contributed by atoms with Crippen LogP contribution in [0.5, 0.6) is 17.2 Å². The predicted octanol–water partition coefficient (Wildman–Crippen LogP) is 3.81. The molecule has 4 rings (SSSR count). The van der Waals surface area contributed by atoms with E-state index < -0.39 is 29.9 Å². The number of rotatable bonds is 8. The number of carbonyl (C=O) groups excluding carboxylic acids is 1. The topological polar surface area (TPSA) is 118 Å². The quantitative estimate of drug-likeness (QED) is 0.348. The minimum atomic E-state index is -1.13. The largest absolute Gasteiger partial charge is 0.496 e. The van der Waals surface area contributed by atoms with Crippen LogP contribution in [0.2, 0.25) is 5.02 Å². The van der Waals surface area contributed by atoms with E-state index in [1.807, 2.05) is 0 Å². The fraction of sp³-hybridized carbons (Fsp3) is 0.217. The average Bonchev–Trinajstić information content (AvgIpc) is 3.20. The van der Waals surface area contributed by atoms with E-state index in [1.165, 1.54) is 38.6 Å². The van der Waals surface area contributed by atoms with Gasteiger partial charge in [-0.1, -0.05) is 11.6 Å². The molecule has 188 valence electrons. The summed E-state index contributed by atoms with van der Waals surface area (Å²) in [7, 11) is 2.67. The molecule has 2 heterocycles. The Labute approximate surface area is 207 Å². The summed E-state index contributed by atoms with van der Waals surface area (Å²) in [6, 6.07) is 4.96. The summed E-state index contributed by atoms with van der Waals surface area (Å²) in [5.41, 5.74) is -0.393. The normalized spacial score (nSPS) is 10.9. The van der Waals surface area contributed by atoms with Crippen LogP contribution in [0.15, 0.2) is 35.3 Å². The smallest absolute Gasteiger partial charge is 0.376 e. The molecule has 0 aliphatic heterocycles. The number of methoxy groups -OCH3 is 2. The van der Waals surface area contributed by atoms with Gasteiger partial charge in [0.15, 0.2) is 28.8 Å². The highest BCUT2D eigenvalue weighted by Crippen LogP contribution is 2.37. The van der Waals surface area contributed by atoms with Crippen LogP contribution in [0.25, 0.3) is 16.9 Å². The van der Waals surface area contributed by atoms with Crippen molar-refractivity contribution < 1.29 is 32.5 Å². The molecule has 13 heteroatoms. The Morgan fingerprint density at radius 3 is 2.58 bits per heavy atom. The number of aromatic nitrogens is 4. The molecule has 0 spiro atoms. The molecule has 0 unspecified atom stereocenters. The molecule has 0 aliphatic carbocycles. The van der Waals surface area contributed by atoms with Crippen molar-refractivity contribution in [3.05, 3.63) is 69.0 Å². The number of fused-ring (bicyclic) bond motifs is 1. The predicted molar refractivity (Wildman–Crippen MR) is 124 cm³/mol. The minimum absolute atomic E-state index is 0.0499. The molecule has 2 aromatic heterocycles. The van der Waals surface area contributed by atoms with E-state index in [2.05, 4.69) is 15.0 Å². The zero-order valence-corrected chi connectivity index (χ0v) is 20.0. The maximum Gasteiger partial charge on any atom is 0.376 e. The summed E-state index contributed by atoms with van der Waals surface area (Å²) < 4.78 is 50.3. The number of nitrogens with one attached hydrogen (secondary N) is 1. The van der Waals surface area contributed by atoms with E-state index in [1.54, 1.807) is 6.92 Å². The molecule has 1 N–H and O–H groups in total. The zero-order valence-electron chi connectivity index (χ0n) is 19.2. The van der Waals surface area contributed by atoms with Crippen LogP contribution >= 0.6 is 11.6 Å². The van der Waals surface area contributed by atoms with Crippen molar-refractivity contribution in [2.75, 3.05) is 20.8 Å². The molecular weight excluding hydrogens is 502 g/mol. The molecule has 0 bridgehead atoms. The molecule has 0 amide bonds. The van der Waals surface area contributed by atoms with Gasteiger partial charge in [0.05, 0.1) is 43.3 Å². The number of hydrogen-bond acceptors (Lipinski definition) is 8. The fourth-order valence-corrected chi connectivity index (χ4v) is 3.67. The third-order valence-electron chi connectivity index (χ3n) is 5.10. The first-order valence-electron chi connectivity index (χ1n) is 10.5. The van der Waals surface area contributed by atoms with Gasteiger partial charge in [0.1, 0.15) is 17.9 Å². The SMILES string of the molecule is CCOC(=O)c1ncc2[nH]c(=O)n(-c3cc(OCc4c(OC)ccc(F)c4F)c(OC)cc3Cl)c2n1. The van der Waals surface area contributed by atoms with E-state index in [9.17, 15) is 18.4 Å². The third kappa shape index (κ3) is 4.54. The second-order valence-corrected chi connectivity index (χ2v) is 7.61. The Morgan fingerprint density at radius 2 is 1.89 bits per heavy atom. The van der Waals surface area contributed by atoms with Gasteiger partial charge in [-0.25, -0.2) is 32.9 Å². The second-order valence-electron chi connectivity index (χ2n) is 7.20. The van der Waals surface area contributed by atoms with E-state index in [-0.39, 0.29) is 57.1 Å².